The fourth-order valence-corrected chi connectivity index (χ4v) is 4.98. The molecule has 10 heteroatoms. The molecule has 0 atom stereocenters. The van der Waals surface area contributed by atoms with Crippen LogP contribution in [0.2, 0.25) is 5.02 Å². The smallest absolute Gasteiger partial charge is 0.305 e. The molecular formula is C23H19ClN2O5S2. The number of para-hydroxylation sites is 1. The highest BCUT2D eigenvalue weighted by Crippen LogP contribution is 2.38. The molecule has 0 saturated heterocycles. The Labute approximate surface area is 200 Å². The molecule has 0 N–H and O–H groups in total. The molecular weight excluding hydrogens is 484 g/mol. The summed E-state index contributed by atoms with van der Waals surface area (Å²) in [5.74, 6) is -0.194. The van der Waals surface area contributed by atoms with Gasteiger partial charge in [-0.3, -0.25) is 4.79 Å². The van der Waals surface area contributed by atoms with Gasteiger partial charge in [0.15, 0.2) is 9.84 Å². The van der Waals surface area contributed by atoms with Gasteiger partial charge in [-0.25, -0.2) is 13.1 Å². The van der Waals surface area contributed by atoms with E-state index in [1.807, 2.05) is 36.4 Å². The Morgan fingerprint density at radius 3 is 2.55 bits per heavy atom. The fourth-order valence-electron chi connectivity index (χ4n) is 3.10. The van der Waals surface area contributed by atoms with Gasteiger partial charge in [0, 0.05) is 24.1 Å². The van der Waals surface area contributed by atoms with Crippen LogP contribution in [-0.4, -0.2) is 37.2 Å². The maximum atomic E-state index is 11.9. The molecule has 0 spiro atoms. The van der Waals surface area contributed by atoms with Gasteiger partial charge in [0.1, 0.15) is 0 Å². The SMILES string of the molecule is CC(=O)OCOc1cc(-c2ccc(-c3cccc(S(C)(=O)=O)c3)s2)n(-c2ccccc2Cl)n1. The van der Waals surface area contributed by atoms with E-state index < -0.39 is 15.8 Å². The topological polar surface area (TPSA) is 87.5 Å². The Hall–Kier alpha value is -3.14. The minimum atomic E-state index is -3.31. The number of nitrogens with zero attached hydrogens (tertiary/aromatic N) is 2. The van der Waals surface area contributed by atoms with E-state index in [4.69, 9.17) is 21.1 Å². The van der Waals surface area contributed by atoms with E-state index in [-0.39, 0.29) is 17.6 Å². The first-order valence-electron chi connectivity index (χ1n) is 9.74. The van der Waals surface area contributed by atoms with Crippen molar-refractivity contribution in [1.29, 1.82) is 0 Å². The quantitative estimate of drug-likeness (QED) is 0.254. The average molecular weight is 503 g/mol. The zero-order valence-corrected chi connectivity index (χ0v) is 20.1. The van der Waals surface area contributed by atoms with Gasteiger partial charge in [-0.05, 0) is 42.0 Å². The number of hydrogen-bond donors (Lipinski definition) is 0. The lowest BCUT2D eigenvalue weighted by molar-refractivity contribution is -0.147. The molecule has 4 aromatic rings. The predicted octanol–water partition coefficient (Wildman–Crippen LogP) is 5.22. The van der Waals surface area contributed by atoms with Crippen molar-refractivity contribution in [1.82, 2.24) is 9.78 Å². The van der Waals surface area contributed by atoms with Crippen LogP contribution in [0.4, 0.5) is 0 Å². The maximum absolute atomic E-state index is 11.9. The number of halogens is 1. The number of thiophene rings is 1. The highest BCUT2D eigenvalue weighted by molar-refractivity contribution is 7.90. The predicted molar refractivity (Wildman–Crippen MR) is 128 cm³/mol. The number of carbonyl (C=O) groups is 1. The Balaban J connectivity index is 1.74. The zero-order valence-electron chi connectivity index (χ0n) is 17.7. The van der Waals surface area contributed by atoms with Crippen LogP contribution < -0.4 is 4.74 Å². The van der Waals surface area contributed by atoms with Crippen molar-refractivity contribution in [2.75, 3.05) is 13.0 Å². The van der Waals surface area contributed by atoms with Gasteiger partial charge < -0.3 is 9.47 Å². The Bertz CT molecular complexity index is 1430. The number of benzene rings is 2. The van der Waals surface area contributed by atoms with Crippen molar-refractivity contribution in [3.05, 3.63) is 71.8 Å². The van der Waals surface area contributed by atoms with Crippen LogP contribution in [0.25, 0.3) is 26.7 Å². The van der Waals surface area contributed by atoms with Gasteiger partial charge in [-0.2, -0.15) is 0 Å². The van der Waals surface area contributed by atoms with Crippen molar-refractivity contribution >= 4 is 38.7 Å². The second-order valence-electron chi connectivity index (χ2n) is 7.09. The van der Waals surface area contributed by atoms with E-state index in [1.54, 1.807) is 35.0 Å². The molecule has 170 valence electrons. The third kappa shape index (κ3) is 5.27. The van der Waals surface area contributed by atoms with Gasteiger partial charge in [-0.15, -0.1) is 16.4 Å². The summed E-state index contributed by atoms with van der Waals surface area (Å²) in [4.78, 5) is 13.1. The van der Waals surface area contributed by atoms with Crippen molar-refractivity contribution in [2.45, 2.75) is 11.8 Å². The lowest BCUT2D eigenvalue weighted by atomic mass is 10.2. The lowest BCUT2D eigenvalue weighted by Crippen LogP contribution is -2.07. The zero-order chi connectivity index (χ0) is 23.6. The summed E-state index contributed by atoms with van der Waals surface area (Å²) >= 11 is 7.89. The summed E-state index contributed by atoms with van der Waals surface area (Å²) in [5.41, 5.74) is 2.17. The van der Waals surface area contributed by atoms with E-state index in [1.165, 1.54) is 24.5 Å². The summed E-state index contributed by atoms with van der Waals surface area (Å²) in [6.07, 6.45) is 1.19. The summed E-state index contributed by atoms with van der Waals surface area (Å²) < 4.78 is 35.9. The van der Waals surface area contributed by atoms with Crippen molar-refractivity contribution in [3.63, 3.8) is 0 Å². The molecule has 0 bridgehead atoms. The Morgan fingerprint density at radius 2 is 1.82 bits per heavy atom. The van der Waals surface area contributed by atoms with E-state index >= 15 is 0 Å². The van der Waals surface area contributed by atoms with Gasteiger partial charge in [0.05, 0.1) is 26.2 Å². The van der Waals surface area contributed by atoms with E-state index in [0.29, 0.717) is 10.7 Å². The summed E-state index contributed by atoms with van der Waals surface area (Å²) in [6, 6.07) is 19.7. The van der Waals surface area contributed by atoms with Crippen molar-refractivity contribution in [2.24, 2.45) is 0 Å². The number of hydrogen-bond acceptors (Lipinski definition) is 7. The number of esters is 1. The second kappa shape index (κ2) is 9.38. The number of ether oxygens (including phenoxy) is 2. The molecule has 0 aliphatic carbocycles. The lowest BCUT2D eigenvalue weighted by Gasteiger charge is -2.07. The number of carbonyl (C=O) groups excluding carboxylic acids is 1. The third-order valence-electron chi connectivity index (χ3n) is 4.64. The maximum Gasteiger partial charge on any atom is 0.305 e. The minimum absolute atomic E-state index is 0.261. The first-order valence-corrected chi connectivity index (χ1v) is 12.8. The number of rotatable bonds is 7. The molecule has 2 heterocycles. The monoisotopic (exact) mass is 502 g/mol. The summed E-state index contributed by atoms with van der Waals surface area (Å²) in [6.45, 7) is 1.03. The standard InChI is InChI=1S/C23H19ClN2O5S2/c1-15(27)30-14-31-23-13-20(26(25-23)19-9-4-3-8-18(19)24)22-11-10-21(32-22)16-6-5-7-17(12-16)33(2,28)29/h3-13H,14H2,1-2H3. The van der Waals surface area contributed by atoms with E-state index in [2.05, 4.69) is 5.10 Å². The van der Waals surface area contributed by atoms with Crippen LogP contribution >= 0.6 is 22.9 Å². The van der Waals surface area contributed by atoms with Gasteiger partial charge >= 0.3 is 5.97 Å². The van der Waals surface area contributed by atoms with Crippen LogP contribution in [0.3, 0.4) is 0 Å². The molecule has 0 unspecified atom stereocenters. The highest BCUT2D eigenvalue weighted by Gasteiger charge is 2.17. The summed E-state index contributed by atoms with van der Waals surface area (Å²) in [7, 11) is -3.31. The van der Waals surface area contributed by atoms with Gasteiger partial charge in [0.25, 0.3) is 0 Å². The highest BCUT2D eigenvalue weighted by atomic mass is 35.5. The molecule has 33 heavy (non-hydrogen) atoms. The normalized spacial score (nSPS) is 11.4. The molecule has 0 saturated carbocycles. The van der Waals surface area contributed by atoms with Crippen LogP contribution in [-0.2, 0) is 19.4 Å². The number of sulfone groups is 1. The molecule has 7 nitrogen and oxygen atoms in total. The Morgan fingerprint density at radius 1 is 1.06 bits per heavy atom. The second-order valence-corrected chi connectivity index (χ2v) is 10.6. The van der Waals surface area contributed by atoms with Crippen LogP contribution in [0.15, 0.2) is 71.6 Å². The van der Waals surface area contributed by atoms with E-state index in [9.17, 15) is 13.2 Å². The van der Waals surface area contributed by atoms with Crippen LogP contribution in [0.5, 0.6) is 5.88 Å². The molecule has 2 aromatic heterocycles. The number of aromatic nitrogens is 2. The van der Waals surface area contributed by atoms with Gasteiger partial charge in [0.2, 0.25) is 12.7 Å². The fraction of sp³-hybridized carbons (Fsp3) is 0.130. The summed E-state index contributed by atoms with van der Waals surface area (Å²) in [5, 5.41) is 4.99. The first-order chi connectivity index (χ1) is 15.7. The third-order valence-corrected chi connectivity index (χ3v) is 7.23. The average Bonchev–Trinajstić information content (AvgIpc) is 3.41. The van der Waals surface area contributed by atoms with Crippen molar-refractivity contribution < 1.29 is 22.7 Å². The molecule has 4 rings (SSSR count). The molecule has 0 aliphatic rings. The van der Waals surface area contributed by atoms with Crippen LogP contribution in [0.1, 0.15) is 6.92 Å². The molecule has 0 amide bonds. The molecule has 0 fully saturated rings. The van der Waals surface area contributed by atoms with Gasteiger partial charge in [-0.1, -0.05) is 35.9 Å². The minimum Gasteiger partial charge on any atom is -0.439 e. The first kappa shape index (κ1) is 23.0. The molecule has 0 radical (unpaired) electrons. The van der Waals surface area contributed by atoms with Crippen LogP contribution in [0, 0.1) is 0 Å². The molecule has 2 aromatic carbocycles. The largest absolute Gasteiger partial charge is 0.439 e. The molecule has 0 aliphatic heterocycles. The Kier molecular flexibility index (Phi) is 6.55. The van der Waals surface area contributed by atoms with Crippen molar-refractivity contribution in [3.8, 4) is 32.6 Å². The van der Waals surface area contributed by atoms with E-state index in [0.717, 1.165) is 21.0 Å².